The van der Waals surface area contributed by atoms with Gasteiger partial charge >= 0.3 is 0 Å². The Morgan fingerprint density at radius 2 is 1.41 bits per heavy atom. The van der Waals surface area contributed by atoms with Gasteiger partial charge in [0.1, 0.15) is 35.4 Å². The summed E-state index contributed by atoms with van der Waals surface area (Å²) in [7, 11) is 0.833. The van der Waals surface area contributed by atoms with Crippen molar-refractivity contribution in [3.05, 3.63) is 136 Å². The van der Waals surface area contributed by atoms with Crippen LogP contribution in [0.25, 0.3) is 10.9 Å². The minimum Gasteiger partial charge on any atom is -0.497 e. The number of nitro benzene ring substituents is 1. The summed E-state index contributed by atoms with van der Waals surface area (Å²) < 4.78 is 33.8. The van der Waals surface area contributed by atoms with Crippen molar-refractivity contribution in [2.24, 2.45) is 0 Å². The maximum absolute atomic E-state index is 12.1. The number of ether oxygens (including phenoxy) is 4. The first-order valence-corrected chi connectivity index (χ1v) is 19.9. The molecule has 51 heavy (non-hydrogen) atoms. The monoisotopic (exact) mass is 710 g/mol. The molecule has 10 nitrogen and oxygen atoms in total. The summed E-state index contributed by atoms with van der Waals surface area (Å²) in [4.78, 5) is 11.1. The van der Waals surface area contributed by atoms with Crippen molar-refractivity contribution in [3.8, 4) is 11.5 Å². The number of nitrogens with zero attached hydrogens (tertiary/aromatic N) is 2. The van der Waals surface area contributed by atoms with Crippen molar-refractivity contribution in [2.75, 3.05) is 20.8 Å². The van der Waals surface area contributed by atoms with Crippen LogP contribution in [0.2, 0.25) is 18.1 Å². The number of fused-ring (bicyclic) bond motifs is 1. The van der Waals surface area contributed by atoms with Gasteiger partial charge in [-0.1, -0.05) is 75.4 Å². The molecule has 1 aliphatic rings. The Morgan fingerprint density at radius 1 is 0.843 bits per heavy atom. The van der Waals surface area contributed by atoms with E-state index in [0.29, 0.717) is 22.4 Å². The van der Waals surface area contributed by atoms with Crippen LogP contribution >= 0.6 is 0 Å². The van der Waals surface area contributed by atoms with Crippen LogP contribution in [0.15, 0.2) is 109 Å². The third kappa shape index (κ3) is 6.92. The van der Waals surface area contributed by atoms with Gasteiger partial charge in [0, 0.05) is 23.7 Å². The molecule has 4 aromatic carbocycles. The average molecular weight is 711 g/mol. The van der Waals surface area contributed by atoms with Gasteiger partial charge in [-0.2, -0.15) is 0 Å². The summed E-state index contributed by atoms with van der Waals surface area (Å²) in [6.45, 7) is 10.8. The number of nitro groups is 1. The van der Waals surface area contributed by atoms with E-state index in [9.17, 15) is 15.2 Å². The normalized spacial score (nSPS) is 19.7. The Balaban J connectivity index is 1.44. The van der Waals surface area contributed by atoms with E-state index in [1.54, 1.807) is 32.5 Å². The van der Waals surface area contributed by atoms with Gasteiger partial charge in [-0.05, 0) is 71.2 Å². The number of non-ortho nitro benzene ring substituents is 1. The molecule has 2 heterocycles. The van der Waals surface area contributed by atoms with Gasteiger partial charge in [0.05, 0.1) is 31.3 Å². The highest BCUT2D eigenvalue weighted by Gasteiger charge is 2.51. The molecule has 1 aromatic heterocycles. The van der Waals surface area contributed by atoms with E-state index in [0.717, 1.165) is 16.7 Å². The largest absolute Gasteiger partial charge is 0.497 e. The number of aromatic nitrogens is 1. The Hall–Kier alpha value is -4.52. The molecule has 268 valence electrons. The van der Waals surface area contributed by atoms with Crippen molar-refractivity contribution in [1.29, 1.82) is 0 Å². The van der Waals surface area contributed by atoms with Gasteiger partial charge in [0.15, 0.2) is 14.5 Å². The Kier molecular flexibility index (Phi) is 10.1. The predicted octanol–water partition coefficient (Wildman–Crippen LogP) is 8.22. The van der Waals surface area contributed by atoms with Gasteiger partial charge in [-0.25, -0.2) is 0 Å². The molecule has 0 amide bonds. The fourth-order valence-corrected chi connectivity index (χ4v) is 7.84. The third-order valence-electron chi connectivity index (χ3n) is 10.4. The minimum absolute atomic E-state index is 0.00660. The highest BCUT2D eigenvalue weighted by atomic mass is 28.4. The molecule has 1 N–H and O–H groups in total. The molecule has 0 radical (unpaired) electrons. The van der Waals surface area contributed by atoms with E-state index in [1.807, 2.05) is 83.4 Å². The van der Waals surface area contributed by atoms with Crippen molar-refractivity contribution in [1.82, 2.24) is 4.57 Å². The molecule has 6 rings (SSSR count). The molecular weight excluding hydrogens is 665 g/mol. The van der Waals surface area contributed by atoms with E-state index in [2.05, 4.69) is 33.9 Å². The van der Waals surface area contributed by atoms with Crippen LogP contribution < -0.4 is 9.47 Å². The molecule has 1 aliphatic heterocycles. The smallest absolute Gasteiger partial charge is 0.270 e. The summed E-state index contributed by atoms with van der Waals surface area (Å²) in [5.74, 6) is 1.43. The topological polar surface area (TPSA) is 114 Å². The molecule has 0 bridgehead atoms. The standard InChI is InChI=1S/C40H46N2O8Si/c1-39(2,3)51(6,7)50-37-35(49-38(36(37)43)41-24-23-27-25-31(42(44)45)17-22-34(27)41)26-48-40(28-11-9-8-10-12-28,29-13-18-32(46-4)19-14-29)30-15-20-33(47-5)21-16-30/h8-25,35-38,43H,26H2,1-7H3/t35-,36?,37+,38-/m1/s1. The lowest BCUT2D eigenvalue weighted by atomic mass is 9.80. The molecule has 1 saturated heterocycles. The molecule has 1 unspecified atom stereocenters. The molecule has 11 heteroatoms. The molecule has 4 atom stereocenters. The van der Waals surface area contributed by atoms with Crippen molar-refractivity contribution in [3.63, 3.8) is 0 Å². The summed E-state index contributed by atoms with van der Waals surface area (Å²) in [5.41, 5.74) is 2.23. The molecule has 0 aliphatic carbocycles. The van der Waals surface area contributed by atoms with Crippen LogP contribution in [0.5, 0.6) is 11.5 Å². The number of rotatable bonds is 12. The maximum atomic E-state index is 12.1. The highest BCUT2D eigenvalue weighted by Crippen LogP contribution is 2.45. The van der Waals surface area contributed by atoms with E-state index in [-0.39, 0.29) is 17.3 Å². The van der Waals surface area contributed by atoms with Crippen LogP contribution in [0.1, 0.15) is 43.7 Å². The Labute approximate surface area is 299 Å². The second-order valence-corrected chi connectivity index (χ2v) is 19.2. The molecule has 0 saturated carbocycles. The zero-order chi connectivity index (χ0) is 36.6. The first-order valence-electron chi connectivity index (χ1n) is 17.0. The van der Waals surface area contributed by atoms with E-state index in [4.69, 9.17) is 23.4 Å². The summed E-state index contributed by atoms with van der Waals surface area (Å²) in [6, 6.07) is 32.1. The summed E-state index contributed by atoms with van der Waals surface area (Å²) in [6.07, 6.45) is -1.52. The lowest BCUT2D eigenvalue weighted by Crippen LogP contribution is -2.50. The number of aliphatic hydroxyl groups excluding tert-OH is 1. The zero-order valence-electron chi connectivity index (χ0n) is 30.1. The van der Waals surface area contributed by atoms with Gasteiger partial charge < -0.3 is 33.0 Å². The predicted molar refractivity (Wildman–Crippen MR) is 199 cm³/mol. The van der Waals surface area contributed by atoms with Gasteiger partial charge in [-0.15, -0.1) is 0 Å². The fraction of sp³-hybridized carbons (Fsp3) is 0.350. The van der Waals surface area contributed by atoms with E-state index in [1.165, 1.54) is 12.1 Å². The third-order valence-corrected chi connectivity index (χ3v) is 14.8. The highest BCUT2D eigenvalue weighted by molar-refractivity contribution is 6.74. The van der Waals surface area contributed by atoms with Crippen LogP contribution in [0.3, 0.4) is 0 Å². The summed E-state index contributed by atoms with van der Waals surface area (Å²) in [5, 5.41) is 24.1. The molecule has 1 fully saturated rings. The van der Waals surface area contributed by atoms with E-state index < -0.39 is 43.4 Å². The number of hydrogen-bond acceptors (Lipinski definition) is 8. The number of methoxy groups -OCH3 is 2. The van der Waals surface area contributed by atoms with Gasteiger partial charge in [-0.3, -0.25) is 10.1 Å². The zero-order valence-corrected chi connectivity index (χ0v) is 31.1. The SMILES string of the molecule is COc1ccc(C(OC[C@H]2O[C@@H](n3ccc4cc([N+](=O)[O-])ccc43)C(O)[C@H]2O[Si](C)(C)C(C)(C)C)(c2ccccc2)c2ccc(OC)cc2)cc1. The van der Waals surface area contributed by atoms with Crippen molar-refractivity contribution in [2.45, 2.75) is 69.0 Å². The molecular formula is C40H46N2O8Si. The second-order valence-electron chi connectivity index (χ2n) is 14.4. The second kappa shape index (κ2) is 14.2. The van der Waals surface area contributed by atoms with Crippen molar-refractivity contribution < 1.29 is 33.4 Å². The lowest BCUT2D eigenvalue weighted by Gasteiger charge is -2.41. The molecule has 0 spiro atoms. The number of aliphatic hydroxyl groups is 1. The maximum Gasteiger partial charge on any atom is 0.270 e. The number of hydrogen-bond donors (Lipinski definition) is 1. The van der Waals surface area contributed by atoms with Gasteiger partial charge in [0.25, 0.3) is 5.69 Å². The van der Waals surface area contributed by atoms with Gasteiger partial charge in [0.2, 0.25) is 0 Å². The lowest BCUT2D eigenvalue weighted by molar-refractivity contribution is -0.384. The minimum atomic E-state index is -2.44. The molecule has 5 aromatic rings. The van der Waals surface area contributed by atoms with Crippen molar-refractivity contribution >= 4 is 24.9 Å². The Bertz CT molecular complexity index is 1910. The average Bonchev–Trinajstić information content (AvgIpc) is 3.68. The van der Waals surface area contributed by atoms with Crippen LogP contribution in [0.4, 0.5) is 5.69 Å². The van der Waals surface area contributed by atoms with E-state index >= 15 is 0 Å². The van der Waals surface area contributed by atoms with Crippen LogP contribution in [-0.4, -0.2) is 62.1 Å². The Morgan fingerprint density at radius 3 is 1.94 bits per heavy atom. The van der Waals surface area contributed by atoms with Crippen LogP contribution in [0, 0.1) is 10.1 Å². The first-order chi connectivity index (χ1) is 24.3. The van der Waals surface area contributed by atoms with Crippen LogP contribution in [-0.2, 0) is 19.5 Å². The fourth-order valence-electron chi connectivity index (χ4n) is 6.51. The quantitative estimate of drug-likeness (QED) is 0.0596. The first kappa shape index (κ1) is 36.3. The number of benzene rings is 4. The summed E-state index contributed by atoms with van der Waals surface area (Å²) >= 11 is 0.